The molecule has 124 valence electrons. The first kappa shape index (κ1) is 16.2. The van der Waals surface area contributed by atoms with Crippen LogP contribution >= 0.6 is 11.3 Å². The first-order valence-corrected chi connectivity index (χ1v) is 8.47. The van der Waals surface area contributed by atoms with Crippen LogP contribution < -0.4 is 10.6 Å². The molecule has 0 radical (unpaired) electrons. The van der Waals surface area contributed by atoms with Crippen molar-refractivity contribution in [1.29, 1.82) is 0 Å². The Labute approximate surface area is 143 Å². The number of amides is 2. The molecule has 1 aromatic carbocycles. The molecule has 0 aliphatic heterocycles. The summed E-state index contributed by atoms with van der Waals surface area (Å²) in [5.41, 5.74) is 2.77. The molecular formula is C17H18N4O2S. The van der Waals surface area contributed by atoms with Crippen LogP contribution in [0.25, 0.3) is 11.3 Å². The fraction of sp³-hybridized carbons (Fsp3) is 0.235. The zero-order chi connectivity index (χ0) is 16.9. The van der Waals surface area contributed by atoms with Gasteiger partial charge in [-0.25, -0.2) is 9.78 Å². The highest BCUT2D eigenvalue weighted by molar-refractivity contribution is 7.10. The molecule has 2 N–H and O–H groups in total. The predicted octanol–water partition coefficient (Wildman–Crippen LogP) is 3.67. The molecule has 0 fully saturated rings. The highest BCUT2D eigenvalue weighted by atomic mass is 32.1. The number of thiazole rings is 1. The van der Waals surface area contributed by atoms with E-state index in [4.69, 9.17) is 4.52 Å². The number of aromatic nitrogens is 2. The molecule has 7 heteroatoms. The minimum Gasteiger partial charge on any atom is -0.359 e. The molecule has 24 heavy (non-hydrogen) atoms. The Hall–Kier alpha value is -2.67. The van der Waals surface area contributed by atoms with Gasteiger partial charge in [-0.15, -0.1) is 11.3 Å². The van der Waals surface area contributed by atoms with Crippen molar-refractivity contribution in [3.8, 4) is 11.3 Å². The standard InChI is InChI=1S/C17H18N4O2S/c1-11-8-14(23-21-11)9-18-17(22)19-12(2)16-20-15(10-24-16)13-6-4-3-5-7-13/h3-8,10,12H,9H2,1-2H3,(H2,18,19,22). The van der Waals surface area contributed by atoms with E-state index in [9.17, 15) is 4.79 Å². The van der Waals surface area contributed by atoms with Gasteiger partial charge in [-0.1, -0.05) is 35.5 Å². The predicted molar refractivity (Wildman–Crippen MR) is 92.6 cm³/mol. The van der Waals surface area contributed by atoms with Gasteiger partial charge < -0.3 is 15.2 Å². The van der Waals surface area contributed by atoms with Crippen LogP contribution in [-0.2, 0) is 6.54 Å². The Morgan fingerprint density at radius 1 is 1.33 bits per heavy atom. The molecule has 1 unspecified atom stereocenters. The average molecular weight is 342 g/mol. The van der Waals surface area contributed by atoms with Crippen molar-refractivity contribution in [3.63, 3.8) is 0 Å². The molecule has 0 saturated carbocycles. The van der Waals surface area contributed by atoms with Gasteiger partial charge in [0, 0.05) is 17.0 Å². The zero-order valence-electron chi connectivity index (χ0n) is 13.4. The van der Waals surface area contributed by atoms with Gasteiger partial charge in [0.25, 0.3) is 0 Å². The van der Waals surface area contributed by atoms with E-state index in [1.54, 1.807) is 6.07 Å². The molecule has 2 aromatic heterocycles. The number of carbonyl (C=O) groups is 1. The van der Waals surface area contributed by atoms with Gasteiger partial charge in [-0.05, 0) is 13.8 Å². The lowest BCUT2D eigenvalue weighted by molar-refractivity contribution is 0.236. The number of aryl methyl sites for hydroxylation is 1. The van der Waals surface area contributed by atoms with Crippen LogP contribution in [0.15, 0.2) is 46.3 Å². The molecule has 0 aliphatic rings. The summed E-state index contributed by atoms with van der Waals surface area (Å²) in [6.45, 7) is 4.04. The first-order chi connectivity index (χ1) is 11.6. The average Bonchev–Trinajstić information content (AvgIpc) is 3.23. The Morgan fingerprint density at radius 2 is 2.12 bits per heavy atom. The Balaban J connectivity index is 1.55. The molecule has 2 amide bonds. The van der Waals surface area contributed by atoms with E-state index < -0.39 is 0 Å². The van der Waals surface area contributed by atoms with Crippen molar-refractivity contribution >= 4 is 17.4 Å². The summed E-state index contributed by atoms with van der Waals surface area (Å²) in [6.07, 6.45) is 0. The third kappa shape index (κ3) is 3.99. The number of hydrogen-bond acceptors (Lipinski definition) is 5. The minimum atomic E-state index is -0.270. The van der Waals surface area contributed by atoms with Crippen LogP contribution in [0.5, 0.6) is 0 Å². The number of urea groups is 1. The van der Waals surface area contributed by atoms with Gasteiger partial charge in [0.05, 0.1) is 24.0 Å². The Kier molecular flexibility index (Phi) is 4.90. The van der Waals surface area contributed by atoms with Gasteiger partial charge in [-0.3, -0.25) is 0 Å². The molecule has 0 bridgehead atoms. The van der Waals surface area contributed by atoms with E-state index in [1.807, 2.05) is 49.6 Å². The van der Waals surface area contributed by atoms with E-state index in [1.165, 1.54) is 11.3 Å². The fourth-order valence-electron chi connectivity index (χ4n) is 2.20. The van der Waals surface area contributed by atoms with Crippen LogP contribution in [0.1, 0.15) is 29.4 Å². The van der Waals surface area contributed by atoms with Gasteiger partial charge in [-0.2, -0.15) is 0 Å². The highest BCUT2D eigenvalue weighted by Gasteiger charge is 2.14. The number of carbonyl (C=O) groups excluding carboxylic acids is 1. The lowest BCUT2D eigenvalue weighted by Gasteiger charge is -2.11. The summed E-state index contributed by atoms with van der Waals surface area (Å²) in [5, 5.41) is 12.3. The lowest BCUT2D eigenvalue weighted by Crippen LogP contribution is -2.36. The maximum absolute atomic E-state index is 12.0. The van der Waals surface area contributed by atoms with Crippen LogP contribution in [0, 0.1) is 6.92 Å². The molecule has 0 aliphatic carbocycles. The number of benzene rings is 1. The number of rotatable bonds is 5. The second-order valence-electron chi connectivity index (χ2n) is 5.42. The molecule has 1 atom stereocenters. The van der Waals surface area contributed by atoms with Crippen LogP contribution in [0.2, 0.25) is 0 Å². The molecule has 6 nitrogen and oxygen atoms in total. The largest absolute Gasteiger partial charge is 0.359 e. The topological polar surface area (TPSA) is 80.0 Å². The maximum atomic E-state index is 12.0. The first-order valence-electron chi connectivity index (χ1n) is 7.59. The van der Waals surface area contributed by atoms with Crippen molar-refractivity contribution in [1.82, 2.24) is 20.8 Å². The summed E-state index contributed by atoms with van der Waals surface area (Å²) < 4.78 is 5.05. The fourth-order valence-corrected chi connectivity index (χ4v) is 3.04. The van der Waals surface area contributed by atoms with Crippen LogP contribution in [-0.4, -0.2) is 16.2 Å². The summed E-state index contributed by atoms with van der Waals surface area (Å²) >= 11 is 1.53. The van der Waals surface area contributed by atoms with E-state index in [0.29, 0.717) is 12.3 Å². The molecular weight excluding hydrogens is 324 g/mol. The minimum absolute atomic E-state index is 0.177. The van der Waals surface area contributed by atoms with Crippen LogP contribution in [0.3, 0.4) is 0 Å². The van der Waals surface area contributed by atoms with E-state index >= 15 is 0 Å². The number of nitrogens with one attached hydrogen (secondary N) is 2. The Morgan fingerprint density at radius 3 is 2.83 bits per heavy atom. The molecule has 3 aromatic rings. The normalized spacial score (nSPS) is 11.9. The third-order valence-electron chi connectivity index (χ3n) is 3.41. The highest BCUT2D eigenvalue weighted by Crippen LogP contribution is 2.25. The lowest BCUT2D eigenvalue weighted by atomic mass is 10.2. The smallest absolute Gasteiger partial charge is 0.315 e. The van der Waals surface area contributed by atoms with E-state index in [-0.39, 0.29) is 12.1 Å². The van der Waals surface area contributed by atoms with Crippen molar-refractivity contribution in [2.24, 2.45) is 0 Å². The molecule has 0 spiro atoms. The van der Waals surface area contributed by atoms with Gasteiger partial charge in [0.15, 0.2) is 5.76 Å². The van der Waals surface area contributed by atoms with Crippen molar-refractivity contribution in [2.75, 3.05) is 0 Å². The monoisotopic (exact) mass is 342 g/mol. The summed E-state index contributed by atoms with van der Waals surface area (Å²) in [6, 6.07) is 11.3. The molecule has 0 saturated heterocycles. The Bertz CT molecular complexity index is 813. The quantitative estimate of drug-likeness (QED) is 0.741. The molecule has 3 rings (SSSR count). The van der Waals surface area contributed by atoms with Gasteiger partial charge in [0.1, 0.15) is 5.01 Å². The zero-order valence-corrected chi connectivity index (χ0v) is 14.3. The van der Waals surface area contributed by atoms with Gasteiger partial charge in [0.2, 0.25) is 0 Å². The van der Waals surface area contributed by atoms with E-state index in [0.717, 1.165) is 22.0 Å². The summed E-state index contributed by atoms with van der Waals surface area (Å²) in [7, 11) is 0. The number of hydrogen-bond donors (Lipinski definition) is 2. The second-order valence-corrected chi connectivity index (χ2v) is 6.31. The summed E-state index contributed by atoms with van der Waals surface area (Å²) in [5.74, 6) is 0.621. The molecule has 2 heterocycles. The van der Waals surface area contributed by atoms with E-state index in [2.05, 4.69) is 20.8 Å². The SMILES string of the molecule is Cc1cc(CNC(=O)NC(C)c2nc(-c3ccccc3)cs2)on1. The van der Waals surface area contributed by atoms with Crippen molar-refractivity contribution in [3.05, 3.63) is 58.2 Å². The second kappa shape index (κ2) is 7.27. The summed E-state index contributed by atoms with van der Waals surface area (Å²) in [4.78, 5) is 16.6. The van der Waals surface area contributed by atoms with Crippen molar-refractivity contribution in [2.45, 2.75) is 26.4 Å². The van der Waals surface area contributed by atoms with Crippen LogP contribution in [0.4, 0.5) is 4.79 Å². The maximum Gasteiger partial charge on any atom is 0.315 e. The number of nitrogens with zero attached hydrogens (tertiary/aromatic N) is 2. The van der Waals surface area contributed by atoms with Crippen molar-refractivity contribution < 1.29 is 9.32 Å². The third-order valence-corrected chi connectivity index (χ3v) is 4.44. The van der Waals surface area contributed by atoms with Gasteiger partial charge >= 0.3 is 6.03 Å².